The fraction of sp³-hybridized carbons (Fsp3) is 1.00. The van der Waals surface area contributed by atoms with Gasteiger partial charge in [0.1, 0.15) is 0 Å². The third-order valence-electron chi connectivity index (χ3n) is 1.35. The van der Waals surface area contributed by atoms with Gasteiger partial charge in [0.15, 0.2) is 0 Å². The lowest BCUT2D eigenvalue weighted by Gasteiger charge is -2.27. The van der Waals surface area contributed by atoms with Gasteiger partial charge in [-0.25, -0.2) is 0 Å². The van der Waals surface area contributed by atoms with Gasteiger partial charge in [-0.2, -0.15) is 24.4 Å². The molecular weight excluding hydrogens is 124 g/mol. The molecule has 7 heavy (non-hydrogen) atoms. The van der Waals surface area contributed by atoms with Crippen molar-refractivity contribution in [3.05, 3.63) is 0 Å². The topological polar surface area (TPSA) is 0 Å². The summed E-state index contributed by atoms with van der Waals surface area (Å²) < 4.78 is 0. The maximum atomic E-state index is 4.31. The zero-order chi connectivity index (χ0) is 5.28. The number of thiol groups is 1. The first-order valence-electron chi connectivity index (χ1n) is 2.56. The average Bonchev–Trinajstić information content (AvgIpc) is 1.23. The van der Waals surface area contributed by atoms with Crippen LogP contribution in [0.25, 0.3) is 0 Å². The number of thioether (sulfide) groups is 1. The summed E-state index contributed by atoms with van der Waals surface area (Å²) >= 11 is 6.34. The van der Waals surface area contributed by atoms with E-state index in [1.54, 1.807) is 0 Å². The van der Waals surface area contributed by atoms with Crippen LogP contribution >= 0.6 is 24.4 Å². The van der Waals surface area contributed by atoms with Crippen molar-refractivity contribution in [1.29, 1.82) is 0 Å². The van der Waals surface area contributed by atoms with Gasteiger partial charge in [-0.05, 0) is 17.4 Å². The second kappa shape index (κ2) is 2.31. The summed E-state index contributed by atoms with van der Waals surface area (Å²) in [6, 6.07) is 0. The summed E-state index contributed by atoms with van der Waals surface area (Å²) in [5.41, 5.74) is 0. The molecule has 1 aliphatic rings. The molecule has 0 radical (unpaired) electrons. The van der Waals surface area contributed by atoms with E-state index in [1.165, 1.54) is 11.5 Å². The third-order valence-corrected chi connectivity index (χ3v) is 3.10. The molecule has 0 aromatic rings. The number of hydrogen-bond acceptors (Lipinski definition) is 2. The Hall–Kier alpha value is 0.700. The molecule has 0 aromatic carbocycles. The Morgan fingerprint density at radius 2 is 2.29 bits per heavy atom. The van der Waals surface area contributed by atoms with Crippen molar-refractivity contribution in [2.24, 2.45) is 5.92 Å². The van der Waals surface area contributed by atoms with Crippen LogP contribution in [0.15, 0.2) is 0 Å². The fourth-order valence-corrected chi connectivity index (χ4v) is 2.11. The summed E-state index contributed by atoms with van der Waals surface area (Å²) in [6.07, 6.45) is 0. The molecular formula is C5H10S2. The minimum atomic E-state index is 0.626. The van der Waals surface area contributed by atoms with Crippen LogP contribution in [0, 0.1) is 5.92 Å². The van der Waals surface area contributed by atoms with Crippen LogP contribution in [-0.2, 0) is 0 Å². The second-order valence-electron chi connectivity index (χ2n) is 2.04. The van der Waals surface area contributed by atoms with Crippen LogP contribution in [0.5, 0.6) is 0 Å². The van der Waals surface area contributed by atoms with E-state index in [9.17, 15) is 0 Å². The highest BCUT2D eigenvalue weighted by atomic mass is 32.2. The Kier molecular flexibility index (Phi) is 1.93. The van der Waals surface area contributed by atoms with Crippen molar-refractivity contribution in [2.75, 3.05) is 11.5 Å². The highest BCUT2D eigenvalue weighted by Gasteiger charge is 2.21. The number of rotatable bonds is 1. The van der Waals surface area contributed by atoms with Gasteiger partial charge >= 0.3 is 0 Å². The lowest BCUT2D eigenvalue weighted by atomic mass is 10.1. The van der Waals surface area contributed by atoms with Gasteiger partial charge in [-0.1, -0.05) is 6.92 Å². The van der Waals surface area contributed by atoms with E-state index in [-0.39, 0.29) is 0 Å². The van der Waals surface area contributed by atoms with Crippen molar-refractivity contribution < 1.29 is 0 Å². The summed E-state index contributed by atoms with van der Waals surface area (Å²) in [5, 5.41) is 0.626. The van der Waals surface area contributed by atoms with E-state index in [0.717, 1.165) is 5.92 Å². The first kappa shape index (κ1) is 5.83. The van der Waals surface area contributed by atoms with Crippen molar-refractivity contribution in [3.63, 3.8) is 0 Å². The lowest BCUT2D eigenvalue weighted by molar-refractivity contribution is 0.636. The molecule has 0 spiro atoms. The molecule has 1 heterocycles. The number of hydrogen-bond donors (Lipinski definition) is 1. The summed E-state index contributed by atoms with van der Waals surface area (Å²) in [5.74, 6) is 3.59. The molecule has 1 saturated heterocycles. The molecule has 0 N–H and O–H groups in total. The Labute approximate surface area is 54.5 Å². The minimum absolute atomic E-state index is 0.626. The van der Waals surface area contributed by atoms with Crippen molar-refractivity contribution in [1.82, 2.24) is 0 Å². The zero-order valence-electron chi connectivity index (χ0n) is 4.42. The van der Waals surface area contributed by atoms with Crippen molar-refractivity contribution in [2.45, 2.75) is 12.2 Å². The summed E-state index contributed by atoms with van der Waals surface area (Å²) in [7, 11) is 0. The third kappa shape index (κ3) is 1.29. The van der Waals surface area contributed by atoms with E-state index in [4.69, 9.17) is 0 Å². The molecule has 1 aliphatic heterocycles. The molecule has 0 nitrogen and oxygen atoms in total. The second-order valence-corrected chi connectivity index (χ2v) is 3.93. The largest absolute Gasteiger partial charge is 0.176 e. The predicted molar refractivity (Wildman–Crippen MR) is 39.3 cm³/mol. The first-order chi connectivity index (χ1) is 3.30. The fourth-order valence-electron chi connectivity index (χ4n) is 0.532. The Balaban J connectivity index is 2.14. The molecule has 1 atom stereocenters. The van der Waals surface area contributed by atoms with Gasteiger partial charge in [0, 0.05) is 5.25 Å². The predicted octanol–water partition coefficient (Wildman–Crippen LogP) is 1.67. The van der Waals surface area contributed by atoms with E-state index in [0.29, 0.717) is 5.25 Å². The van der Waals surface area contributed by atoms with Crippen molar-refractivity contribution in [3.8, 4) is 0 Å². The summed E-state index contributed by atoms with van der Waals surface area (Å²) in [4.78, 5) is 0. The molecule has 1 fully saturated rings. The van der Waals surface area contributed by atoms with Crippen LogP contribution in [-0.4, -0.2) is 16.8 Å². The molecule has 42 valence electrons. The normalized spacial score (nSPS) is 26.6. The monoisotopic (exact) mass is 134 g/mol. The molecule has 1 rings (SSSR count). The maximum absolute atomic E-state index is 4.31. The van der Waals surface area contributed by atoms with Crippen LogP contribution in [0.3, 0.4) is 0 Å². The average molecular weight is 134 g/mol. The molecule has 0 aromatic heterocycles. The van der Waals surface area contributed by atoms with Gasteiger partial charge in [0.2, 0.25) is 0 Å². The van der Waals surface area contributed by atoms with Crippen LogP contribution < -0.4 is 0 Å². The first-order valence-corrected chi connectivity index (χ1v) is 4.23. The molecule has 2 heteroatoms. The molecule has 1 unspecified atom stereocenters. The SMILES string of the molecule is CC(S)C1CSC1. The standard InChI is InChI=1S/C5H10S2/c1-4(6)5-2-7-3-5/h4-6H,2-3H2,1H3. The maximum Gasteiger partial charge on any atom is 0.00325 e. The highest BCUT2D eigenvalue weighted by Crippen LogP contribution is 2.29. The van der Waals surface area contributed by atoms with Gasteiger partial charge in [0.25, 0.3) is 0 Å². The van der Waals surface area contributed by atoms with Gasteiger partial charge in [-0.3, -0.25) is 0 Å². The van der Waals surface area contributed by atoms with Crippen LogP contribution in [0.4, 0.5) is 0 Å². The van der Waals surface area contributed by atoms with Gasteiger partial charge in [-0.15, -0.1) is 0 Å². The molecule has 0 bridgehead atoms. The Morgan fingerprint density at radius 1 is 1.71 bits per heavy atom. The van der Waals surface area contributed by atoms with E-state index in [2.05, 4.69) is 19.6 Å². The van der Waals surface area contributed by atoms with Gasteiger partial charge < -0.3 is 0 Å². The van der Waals surface area contributed by atoms with Gasteiger partial charge in [0.05, 0.1) is 0 Å². The summed E-state index contributed by atoms with van der Waals surface area (Å²) in [6.45, 7) is 2.17. The van der Waals surface area contributed by atoms with E-state index >= 15 is 0 Å². The van der Waals surface area contributed by atoms with E-state index in [1.807, 2.05) is 11.8 Å². The van der Waals surface area contributed by atoms with Crippen LogP contribution in [0.2, 0.25) is 0 Å². The quantitative estimate of drug-likeness (QED) is 0.532. The molecule has 0 amide bonds. The minimum Gasteiger partial charge on any atom is -0.176 e. The Morgan fingerprint density at radius 3 is 2.29 bits per heavy atom. The smallest absolute Gasteiger partial charge is 0.00325 e. The molecule has 0 aliphatic carbocycles. The van der Waals surface area contributed by atoms with E-state index < -0.39 is 0 Å². The molecule has 0 saturated carbocycles. The van der Waals surface area contributed by atoms with Crippen molar-refractivity contribution >= 4 is 24.4 Å². The van der Waals surface area contributed by atoms with Crippen LogP contribution in [0.1, 0.15) is 6.92 Å². The zero-order valence-corrected chi connectivity index (χ0v) is 6.14. The highest BCUT2D eigenvalue weighted by molar-refractivity contribution is 8.00. The lowest BCUT2D eigenvalue weighted by Crippen LogP contribution is -2.25. The Bertz CT molecular complexity index is 57.1.